The van der Waals surface area contributed by atoms with Gasteiger partial charge in [0.15, 0.2) is 6.61 Å². The average Bonchev–Trinajstić information content (AvgIpc) is 2.35. The van der Waals surface area contributed by atoms with Crippen LogP contribution in [0.5, 0.6) is 11.5 Å². The number of hydrogen-bond donors (Lipinski definition) is 2. The predicted molar refractivity (Wildman–Crippen MR) is 58.5 cm³/mol. The van der Waals surface area contributed by atoms with Gasteiger partial charge in [0.05, 0.1) is 13.7 Å². The molecular weight excluding hydrogens is 210 g/mol. The minimum absolute atomic E-state index is 0.0736. The Morgan fingerprint density at radius 2 is 2.25 bits per heavy atom. The molecule has 1 rings (SSSR count). The summed E-state index contributed by atoms with van der Waals surface area (Å²) < 4.78 is 10.3. The summed E-state index contributed by atoms with van der Waals surface area (Å²) in [6.45, 7) is -0.240. The van der Waals surface area contributed by atoms with Gasteiger partial charge in [-0.25, -0.2) is 0 Å². The van der Waals surface area contributed by atoms with E-state index < -0.39 is 0 Å². The summed E-state index contributed by atoms with van der Waals surface area (Å²) in [6.07, 6.45) is 0. The number of amides is 1. The number of aliphatic hydroxyl groups is 1. The number of benzene rings is 1. The maximum atomic E-state index is 11.0. The van der Waals surface area contributed by atoms with Crippen molar-refractivity contribution >= 4 is 5.91 Å². The maximum Gasteiger partial charge on any atom is 0.257 e. The van der Waals surface area contributed by atoms with Gasteiger partial charge in [-0.05, 0) is 18.2 Å². The molecule has 0 unspecified atom stereocenters. The van der Waals surface area contributed by atoms with E-state index in [0.717, 1.165) is 0 Å². The first-order valence-electron chi connectivity index (χ1n) is 4.82. The Labute approximate surface area is 94.0 Å². The standard InChI is InChI=1S/C11H15NO4/c1-12-11(14)7-16-10-4-3-9(15-2)5-8(10)6-13/h3-5,13H,6-7H2,1-2H3,(H,12,14). The number of likely N-dealkylation sites (N-methyl/N-ethyl adjacent to an activating group) is 1. The van der Waals surface area contributed by atoms with E-state index in [1.54, 1.807) is 25.3 Å². The molecule has 0 aliphatic heterocycles. The van der Waals surface area contributed by atoms with Gasteiger partial charge in [-0.15, -0.1) is 0 Å². The lowest BCUT2D eigenvalue weighted by molar-refractivity contribution is -0.122. The van der Waals surface area contributed by atoms with Crippen molar-refractivity contribution < 1.29 is 19.4 Å². The van der Waals surface area contributed by atoms with Crippen molar-refractivity contribution in [2.75, 3.05) is 20.8 Å². The SMILES string of the molecule is CNC(=O)COc1ccc(OC)cc1CO. The lowest BCUT2D eigenvalue weighted by atomic mass is 10.2. The summed E-state index contributed by atoms with van der Waals surface area (Å²) in [7, 11) is 3.08. The monoisotopic (exact) mass is 225 g/mol. The first kappa shape index (κ1) is 12.3. The molecule has 88 valence electrons. The molecule has 0 bridgehead atoms. The molecule has 0 heterocycles. The highest BCUT2D eigenvalue weighted by atomic mass is 16.5. The molecule has 2 N–H and O–H groups in total. The number of aliphatic hydroxyl groups excluding tert-OH is 1. The van der Waals surface area contributed by atoms with Crippen LogP contribution < -0.4 is 14.8 Å². The molecule has 0 atom stereocenters. The zero-order valence-corrected chi connectivity index (χ0v) is 9.32. The molecule has 1 aromatic rings. The van der Waals surface area contributed by atoms with Crippen molar-refractivity contribution in [1.29, 1.82) is 0 Å². The Hall–Kier alpha value is -1.75. The summed E-state index contributed by atoms with van der Waals surface area (Å²) in [5, 5.41) is 11.6. The van der Waals surface area contributed by atoms with E-state index >= 15 is 0 Å². The molecule has 0 saturated carbocycles. The zero-order valence-electron chi connectivity index (χ0n) is 9.32. The molecule has 0 spiro atoms. The van der Waals surface area contributed by atoms with Crippen LogP contribution in [-0.4, -0.2) is 31.8 Å². The van der Waals surface area contributed by atoms with Crippen molar-refractivity contribution in [3.8, 4) is 11.5 Å². The number of nitrogens with one attached hydrogen (secondary N) is 1. The van der Waals surface area contributed by atoms with Crippen molar-refractivity contribution in [1.82, 2.24) is 5.32 Å². The zero-order chi connectivity index (χ0) is 12.0. The maximum absolute atomic E-state index is 11.0. The van der Waals surface area contributed by atoms with Crippen molar-refractivity contribution in [2.24, 2.45) is 0 Å². The van der Waals surface area contributed by atoms with Crippen LogP contribution in [0, 0.1) is 0 Å². The van der Waals surface area contributed by atoms with Gasteiger partial charge in [0.25, 0.3) is 5.91 Å². The molecule has 0 aromatic heterocycles. The number of methoxy groups -OCH3 is 1. The first-order valence-corrected chi connectivity index (χ1v) is 4.82. The van der Waals surface area contributed by atoms with Crippen LogP contribution in [0.3, 0.4) is 0 Å². The highest BCUT2D eigenvalue weighted by molar-refractivity contribution is 5.77. The number of hydrogen-bond acceptors (Lipinski definition) is 4. The molecule has 0 aliphatic rings. The number of ether oxygens (including phenoxy) is 2. The summed E-state index contributed by atoms with van der Waals surface area (Å²) in [6, 6.07) is 5.03. The van der Waals surface area contributed by atoms with Crippen LogP contribution in [0.25, 0.3) is 0 Å². The molecule has 5 nitrogen and oxygen atoms in total. The first-order chi connectivity index (χ1) is 7.71. The second-order valence-corrected chi connectivity index (χ2v) is 3.09. The Morgan fingerprint density at radius 3 is 2.81 bits per heavy atom. The van der Waals surface area contributed by atoms with Crippen LogP contribution in [0.15, 0.2) is 18.2 Å². The lowest BCUT2D eigenvalue weighted by Crippen LogP contribution is -2.25. The Kier molecular flexibility index (Phi) is 4.60. The van der Waals surface area contributed by atoms with Crippen LogP contribution in [-0.2, 0) is 11.4 Å². The van der Waals surface area contributed by atoms with Gasteiger partial charge in [0.1, 0.15) is 11.5 Å². The molecule has 16 heavy (non-hydrogen) atoms. The van der Waals surface area contributed by atoms with E-state index in [0.29, 0.717) is 17.1 Å². The normalized spacial score (nSPS) is 9.69. The Bertz CT molecular complexity index is 365. The van der Waals surface area contributed by atoms with Crippen molar-refractivity contribution in [2.45, 2.75) is 6.61 Å². The number of rotatable bonds is 5. The van der Waals surface area contributed by atoms with Crippen LogP contribution in [0.2, 0.25) is 0 Å². The summed E-state index contributed by atoms with van der Waals surface area (Å²) in [4.78, 5) is 11.0. The van der Waals surface area contributed by atoms with Crippen molar-refractivity contribution in [3.63, 3.8) is 0 Å². The van der Waals surface area contributed by atoms with Gasteiger partial charge in [-0.3, -0.25) is 4.79 Å². The highest BCUT2D eigenvalue weighted by Gasteiger charge is 2.06. The Balaban J connectivity index is 2.75. The van der Waals surface area contributed by atoms with Crippen molar-refractivity contribution in [3.05, 3.63) is 23.8 Å². The third-order valence-corrected chi connectivity index (χ3v) is 2.08. The van der Waals surface area contributed by atoms with Gasteiger partial charge in [-0.1, -0.05) is 0 Å². The Morgan fingerprint density at radius 1 is 1.50 bits per heavy atom. The van der Waals surface area contributed by atoms with Gasteiger partial charge < -0.3 is 19.9 Å². The summed E-state index contributed by atoms with van der Waals surface area (Å²) >= 11 is 0. The van der Waals surface area contributed by atoms with Gasteiger partial charge in [0.2, 0.25) is 0 Å². The molecule has 1 amide bonds. The second kappa shape index (κ2) is 5.97. The molecule has 0 saturated heterocycles. The second-order valence-electron chi connectivity index (χ2n) is 3.09. The van der Waals surface area contributed by atoms with Gasteiger partial charge in [0, 0.05) is 12.6 Å². The molecule has 0 fully saturated rings. The predicted octanol–water partition coefficient (Wildman–Crippen LogP) is 0.312. The third-order valence-electron chi connectivity index (χ3n) is 2.08. The van der Waals surface area contributed by atoms with E-state index in [1.165, 1.54) is 7.05 Å². The summed E-state index contributed by atoms with van der Waals surface area (Å²) in [5.74, 6) is 0.892. The largest absolute Gasteiger partial charge is 0.497 e. The molecule has 1 aromatic carbocycles. The molecular formula is C11H15NO4. The highest BCUT2D eigenvalue weighted by Crippen LogP contribution is 2.23. The van der Waals surface area contributed by atoms with Crippen LogP contribution in [0.4, 0.5) is 0 Å². The van der Waals surface area contributed by atoms with E-state index in [4.69, 9.17) is 14.6 Å². The fourth-order valence-corrected chi connectivity index (χ4v) is 1.16. The lowest BCUT2D eigenvalue weighted by Gasteiger charge is -2.10. The van der Waals surface area contributed by atoms with E-state index in [-0.39, 0.29) is 19.1 Å². The van der Waals surface area contributed by atoms with Crippen LogP contribution in [0.1, 0.15) is 5.56 Å². The minimum atomic E-state index is -0.222. The summed E-state index contributed by atoms with van der Waals surface area (Å²) in [5.41, 5.74) is 0.586. The quantitative estimate of drug-likeness (QED) is 0.757. The number of carbonyl (C=O) groups excluding carboxylic acids is 1. The average molecular weight is 225 g/mol. The van der Waals surface area contributed by atoms with Crippen LogP contribution >= 0.6 is 0 Å². The third kappa shape index (κ3) is 3.13. The van der Waals surface area contributed by atoms with Gasteiger partial charge in [-0.2, -0.15) is 0 Å². The molecule has 0 aliphatic carbocycles. The van der Waals surface area contributed by atoms with E-state index in [1.807, 2.05) is 0 Å². The molecule has 5 heteroatoms. The fourth-order valence-electron chi connectivity index (χ4n) is 1.16. The van der Waals surface area contributed by atoms with E-state index in [2.05, 4.69) is 5.32 Å². The number of carbonyl (C=O) groups is 1. The smallest absolute Gasteiger partial charge is 0.257 e. The molecule has 0 radical (unpaired) electrons. The topological polar surface area (TPSA) is 67.8 Å². The van der Waals surface area contributed by atoms with Gasteiger partial charge >= 0.3 is 0 Å². The fraction of sp³-hybridized carbons (Fsp3) is 0.364. The minimum Gasteiger partial charge on any atom is -0.497 e. The van der Waals surface area contributed by atoms with E-state index in [9.17, 15) is 4.79 Å².